The Labute approximate surface area is 107 Å². The second-order valence-corrected chi connectivity index (χ2v) is 4.25. The minimum atomic E-state index is -0.167. The highest BCUT2D eigenvalue weighted by molar-refractivity contribution is 5.80. The molecule has 0 bridgehead atoms. The van der Waals surface area contributed by atoms with E-state index in [4.69, 9.17) is 5.73 Å². The molecule has 3 rings (SSSR count). The molecule has 0 saturated carbocycles. The third-order valence-corrected chi connectivity index (χ3v) is 2.91. The zero-order valence-corrected chi connectivity index (χ0v) is 10.2. The summed E-state index contributed by atoms with van der Waals surface area (Å²) in [6.07, 6.45) is 1.48. The van der Waals surface area contributed by atoms with Crippen LogP contribution in [0.4, 0.5) is 5.69 Å². The first-order valence-electron chi connectivity index (χ1n) is 5.68. The molecule has 3 aromatic rings. The Kier molecular flexibility index (Phi) is 2.52. The first-order valence-corrected chi connectivity index (χ1v) is 5.68. The summed E-state index contributed by atoms with van der Waals surface area (Å²) < 4.78 is 6.06. The number of nitrogens with zero attached hydrogens (tertiary/aromatic N) is 4. The Hall–Kier alpha value is -2.70. The third-order valence-electron chi connectivity index (χ3n) is 2.91. The van der Waals surface area contributed by atoms with Gasteiger partial charge in [0.1, 0.15) is 11.4 Å². The molecule has 2 heterocycles. The number of nitrogens with two attached hydrogens (primary N) is 1. The van der Waals surface area contributed by atoms with Gasteiger partial charge in [0.2, 0.25) is 0 Å². The molecule has 0 fully saturated rings. The molecule has 0 amide bonds. The molecule has 7 nitrogen and oxygen atoms in total. The van der Waals surface area contributed by atoms with Crippen LogP contribution in [0.2, 0.25) is 0 Å². The van der Waals surface area contributed by atoms with Crippen molar-refractivity contribution in [2.75, 3.05) is 5.73 Å². The Morgan fingerprint density at radius 3 is 2.95 bits per heavy atom. The Morgan fingerprint density at radius 2 is 2.21 bits per heavy atom. The van der Waals surface area contributed by atoms with E-state index in [0.29, 0.717) is 28.0 Å². The number of fused-ring (bicyclic) bond motifs is 1. The number of aromatic nitrogens is 4. The zero-order chi connectivity index (χ0) is 13.4. The molecular weight excluding hydrogens is 246 g/mol. The molecule has 0 spiro atoms. The van der Waals surface area contributed by atoms with Crippen molar-refractivity contribution in [3.05, 3.63) is 46.3 Å². The van der Waals surface area contributed by atoms with E-state index in [1.54, 1.807) is 25.1 Å². The van der Waals surface area contributed by atoms with Gasteiger partial charge in [-0.25, -0.2) is 9.61 Å². The second kappa shape index (κ2) is 4.20. The number of benzene rings is 1. The largest absolute Gasteiger partial charge is 0.399 e. The molecule has 2 aromatic heterocycles. The lowest BCUT2D eigenvalue weighted by molar-refractivity contribution is 0.300. The fourth-order valence-corrected chi connectivity index (χ4v) is 1.84. The van der Waals surface area contributed by atoms with E-state index in [-0.39, 0.29) is 12.1 Å². The van der Waals surface area contributed by atoms with E-state index in [0.717, 1.165) is 0 Å². The van der Waals surface area contributed by atoms with Gasteiger partial charge in [-0.3, -0.25) is 9.36 Å². The lowest BCUT2D eigenvalue weighted by Gasteiger charge is -2.05. The molecule has 7 heteroatoms. The molecule has 0 aliphatic heterocycles. The van der Waals surface area contributed by atoms with Crippen molar-refractivity contribution >= 4 is 16.6 Å². The standard InChI is InChI=1S/C12H11N5O2/c1-7-11(16-19-15-7)5-17-6-14-10-3-2-8(13)4-9(10)12(17)18/h2-4,6H,5,13H2,1H3. The van der Waals surface area contributed by atoms with E-state index in [2.05, 4.69) is 19.9 Å². The predicted octanol–water partition coefficient (Wildman–Crippen LogP) is 0.718. The van der Waals surface area contributed by atoms with E-state index >= 15 is 0 Å². The van der Waals surface area contributed by atoms with Crippen LogP contribution in [0.1, 0.15) is 11.4 Å². The van der Waals surface area contributed by atoms with Crippen LogP contribution in [0.25, 0.3) is 10.9 Å². The number of aryl methyl sites for hydroxylation is 1. The average Bonchev–Trinajstić information content (AvgIpc) is 2.79. The number of hydrogen-bond donors (Lipinski definition) is 1. The van der Waals surface area contributed by atoms with E-state index in [9.17, 15) is 4.79 Å². The first kappa shape index (κ1) is 11.4. The number of anilines is 1. The summed E-state index contributed by atoms with van der Waals surface area (Å²) >= 11 is 0. The number of rotatable bonds is 2. The molecule has 96 valence electrons. The van der Waals surface area contributed by atoms with Crippen LogP contribution in [0.15, 0.2) is 33.9 Å². The van der Waals surface area contributed by atoms with Gasteiger partial charge < -0.3 is 5.73 Å². The van der Waals surface area contributed by atoms with Crippen molar-refractivity contribution in [2.24, 2.45) is 0 Å². The molecular formula is C12H11N5O2. The van der Waals surface area contributed by atoms with Gasteiger partial charge in [-0.1, -0.05) is 10.3 Å². The van der Waals surface area contributed by atoms with Crippen LogP contribution in [0.5, 0.6) is 0 Å². The third kappa shape index (κ3) is 1.95. The maximum Gasteiger partial charge on any atom is 0.261 e. The molecule has 0 saturated heterocycles. The van der Waals surface area contributed by atoms with Crippen LogP contribution >= 0.6 is 0 Å². The normalized spacial score (nSPS) is 11.0. The van der Waals surface area contributed by atoms with E-state index in [1.807, 2.05) is 0 Å². The fourth-order valence-electron chi connectivity index (χ4n) is 1.84. The monoisotopic (exact) mass is 257 g/mol. The van der Waals surface area contributed by atoms with Crippen molar-refractivity contribution < 1.29 is 4.63 Å². The lowest BCUT2D eigenvalue weighted by Crippen LogP contribution is -2.21. The molecule has 0 unspecified atom stereocenters. The van der Waals surface area contributed by atoms with Crippen molar-refractivity contribution in [3.8, 4) is 0 Å². The summed E-state index contributed by atoms with van der Waals surface area (Å²) in [5, 5.41) is 7.91. The summed E-state index contributed by atoms with van der Waals surface area (Å²) in [5.41, 5.74) is 7.93. The summed E-state index contributed by atoms with van der Waals surface area (Å²) in [6, 6.07) is 5.05. The Balaban J connectivity index is 2.13. The summed E-state index contributed by atoms with van der Waals surface area (Å²) in [4.78, 5) is 16.5. The second-order valence-electron chi connectivity index (χ2n) is 4.25. The van der Waals surface area contributed by atoms with Gasteiger partial charge in [-0.2, -0.15) is 0 Å². The molecule has 0 radical (unpaired) electrons. The highest BCUT2D eigenvalue weighted by atomic mass is 16.6. The Morgan fingerprint density at radius 1 is 1.37 bits per heavy atom. The summed E-state index contributed by atoms with van der Waals surface area (Å²) in [7, 11) is 0. The smallest absolute Gasteiger partial charge is 0.261 e. The summed E-state index contributed by atoms with van der Waals surface area (Å²) in [6.45, 7) is 2.04. The van der Waals surface area contributed by atoms with E-state index in [1.165, 1.54) is 10.9 Å². The van der Waals surface area contributed by atoms with Gasteiger partial charge >= 0.3 is 0 Å². The van der Waals surface area contributed by atoms with E-state index < -0.39 is 0 Å². The van der Waals surface area contributed by atoms with Crippen LogP contribution in [0.3, 0.4) is 0 Å². The number of nitrogen functional groups attached to an aromatic ring is 1. The first-order chi connectivity index (χ1) is 9.15. The van der Waals surface area contributed by atoms with Gasteiger partial charge in [0.05, 0.1) is 23.8 Å². The SMILES string of the molecule is Cc1nonc1Cn1cnc2ccc(N)cc2c1=O. The average molecular weight is 257 g/mol. The maximum atomic E-state index is 12.3. The van der Waals surface area contributed by atoms with Crippen molar-refractivity contribution in [2.45, 2.75) is 13.5 Å². The van der Waals surface area contributed by atoms with Crippen molar-refractivity contribution in [3.63, 3.8) is 0 Å². The van der Waals surface area contributed by atoms with Gasteiger partial charge in [0.25, 0.3) is 5.56 Å². The van der Waals surface area contributed by atoms with Crippen LogP contribution < -0.4 is 11.3 Å². The van der Waals surface area contributed by atoms with Gasteiger partial charge in [-0.05, 0) is 25.1 Å². The quantitative estimate of drug-likeness (QED) is 0.679. The minimum Gasteiger partial charge on any atom is -0.399 e. The fraction of sp³-hybridized carbons (Fsp3) is 0.167. The topological polar surface area (TPSA) is 99.8 Å². The molecule has 0 atom stereocenters. The predicted molar refractivity (Wildman–Crippen MR) is 68.6 cm³/mol. The molecule has 0 aliphatic carbocycles. The zero-order valence-electron chi connectivity index (χ0n) is 10.2. The highest BCUT2D eigenvalue weighted by Crippen LogP contribution is 2.11. The number of hydrogen-bond acceptors (Lipinski definition) is 6. The molecule has 1 aromatic carbocycles. The van der Waals surface area contributed by atoms with Crippen LogP contribution in [0, 0.1) is 6.92 Å². The van der Waals surface area contributed by atoms with Crippen LogP contribution in [-0.4, -0.2) is 19.9 Å². The van der Waals surface area contributed by atoms with Gasteiger partial charge in [0.15, 0.2) is 0 Å². The van der Waals surface area contributed by atoms with Crippen LogP contribution in [-0.2, 0) is 6.54 Å². The lowest BCUT2D eigenvalue weighted by atomic mass is 10.2. The van der Waals surface area contributed by atoms with Crippen molar-refractivity contribution in [1.29, 1.82) is 0 Å². The highest BCUT2D eigenvalue weighted by Gasteiger charge is 2.09. The van der Waals surface area contributed by atoms with Crippen molar-refractivity contribution in [1.82, 2.24) is 19.9 Å². The molecule has 2 N–H and O–H groups in total. The van der Waals surface area contributed by atoms with Gasteiger partial charge in [0, 0.05) is 5.69 Å². The molecule has 0 aliphatic rings. The molecule has 19 heavy (non-hydrogen) atoms. The minimum absolute atomic E-state index is 0.167. The Bertz CT molecular complexity index is 805. The van der Waals surface area contributed by atoms with Gasteiger partial charge in [-0.15, -0.1) is 0 Å². The maximum absolute atomic E-state index is 12.3. The summed E-state index contributed by atoms with van der Waals surface area (Å²) in [5.74, 6) is 0.